The van der Waals surface area contributed by atoms with Gasteiger partial charge in [-0.3, -0.25) is 4.79 Å². The van der Waals surface area contributed by atoms with Gasteiger partial charge in [0.05, 0.1) is 6.54 Å². The summed E-state index contributed by atoms with van der Waals surface area (Å²) in [4.78, 5) is 14.2. The Morgan fingerprint density at radius 3 is 2.50 bits per heavy atom. The molecule has 0 N–H and O–H groups in total. The Morgan fingerprint density at radius 2 is 1.75 bits per heavy atom. The minimum absolute atomic E-state index is 0.0208. The molecule has 1 aromatic heterocycles. The Morgan fingerprint density at radius 1 is 1.05 bits per heavy atom. The van der Waals surface area contributed by atoms with Gasteiger partial charge in [0, 0.05) is 18.1 Å². The highest BCUT2D eigenvalue weighted by Gasteiger charge is 2.14. The molecule has 0 saturated heterocycles. The zero-order valence-electron chi connectivity index (χ0n) is 11.2. The van der Waals surface area contributed by atoms with E-state index in [-0.39, 0.29) is 5.78 Å². The van der Waals surface area contributed by atoms with Crippen LogP contribution in [0.3, 0.4) is 0 Å². The van der Waals surface area contributed by atoms with E-state index in [9.17, 15) is 4.79 Å². The number of rotatable bonds is 4. The van der Waals surface area contributed by atoms with Crippen LogP contribution in [0.15, 0.2) is 65.1 Å². The van der Waals surface area contributed by atoms with E-state index < -0.39 is 0 Å². The van der Waals surface area contributed by atoms with Crippen molar-refractivity contribution in [2.75, 3.05) is 18.5 Å². The molecule has 20 heavy (non-hydrogen) atoms. The van der Waals surface area contributed by atoms with Gasteiger partial charge in [-0.05, 0) is 24.3 Å². The van der Waals surface area contributed by atoms with Gasteiger partial charge in [0.1, 0.15) is 5.58 Å². The summed E-state index contributed by atoms with van der Waals surface area (Å²) in [6.07, 6.45) is 0. The van der Waals surface area contributed by atoms with E-state index in [1.165, 1.54) is 0 Å². The number of furan rings is 1. The van der Waals surface area contributed by atoms with Crippen LogP contribution in [0, 0.1) is 0 Å². The number of benzene rings is 2. The van der Waals surface area contributed by atoms with Crippen molar-refractivity contribution in [2.45, 2.75) is 0 Å². The second kappa shape index (κ2) is 5.21. The highest BCUT2D eigenvalue weighted by atomic mass is 16.3. The van der Waals surface area contributed by atoms with Gasteiger partial charge in [-0.15, -0.1) is 0 Å². The van der Waals surface area contributed by atoms with E-state index in [0.717, 1.165) is 16.7 Å². The normalized spacial score (nSPS) is 10.7. The molecule has 0 aliphatic rings. The van der Waals surface area contributed by atoms with Crippen LogP contribution in [-0.2, 0) is 0 Å². The number of Topliss-reactive ketones (excluding diaryl/α,β-unsaturated/α-hetero) is 1. The largest absolute Gasteiger partial charge is 0.453 e. The number of carbonyl (C=O) groups is 1. The third-order valence-electron chi connectivity index (χ3n) is 3.28. The van der Waals surface area contributed by atoms with Gasteiger partial charge in [0.2, 0.25) is 5.78 Å². The summed E-state index contributed by atoms with van der Waals surface area (Å²) >= 11 is 0. The third kappa shape index (κ3) is 2.43. The molecule has 0 aliphatic heterocycles. The molecular formula is C17H15NO2. The second-order valence-electron chi connectivity index (χ2n) is 4.76. The molecule has 0 amide bonds. The summed E-state index contributed by atoms with van der Waals surface area (Å²) in [7, 11) is 1.90. The summed E-state index contributed by atoms with van der Waals surface area (Å²) in [5.74, 6) is 0.390. The molecule has 0 spiro atoms. The van der Waals surface area contributed by atoms with Crippen LogP contribution < -0.4 is 4.90 Å². The lowest BCUT2D eigenvalue weighted by atomic mass is 10.2. The highest BCUT2D eigenvalue weighted by molar-refractivity contribution is 6.00. The smallest absolute Gasteiger partial charge is 0.217 e. The van der Waals surface area contributed by atoms with Crippen molar-refractivity contribution in [3.8, 4) is 0 Å². The number of ketones is 1. The van der Waals surface area contributed by atoms with Gasteiger partial charge in [-0.25, -0.2) is 0 Å². The first-order valence-corrected chi connectivity index (χ1v) is 6.52. The van der Waals surface area contributed by atoms with E-state index >= 15 is 0 Å². The van der Waals surface area contributed by atoms with Crippen LogP contribution in [-0.4, -0.2) is 19.4 Å². The molecule has 3 heteroatoms. The molecule has 3 aromatic rings. The first-order chi connectivity index (χ1) is 9.74. The Labute approximate surface area is 117 Å². The number of hydrogen-bond donors (Lipinski definition) is 0. The van der Waals surface area contributed by atoms with Gasteiger partial charge in [0.15, 0.2) is 5.76 Å². The lowest BCUT2D eigenvalue weighted by molar-refractivity contribution is 0.0976. The summed E-state index contributed by atoms with van der Waals surface area (Å²) in [5.41, 5.74) is 1.76. The van der Waals surface area contributed by atoms with Crippen LogP contribution in [0.2, 0.25) is 0 Å². The highest BCUT2D eigenvalue weighted by Crippen LogP contribution is 2.20. The van der Waals surface area contributed by atoms with Crippen molar-refractivity contribution in [3.05, 3.63) is 66.4 Å². The molecule has 1 heterocycles. The van der Waals surface area contributed by atoms with Crippen molar-refractivity contribution in [3.63, 3.8) is 0 Å². The number of carbonyl (C=O) groups excluding carboxylic acids is 1. The fourth-order valence-electron chi connectivity index (χ4n) is 2.19. The molecule has 0 unspecified atom stereocenters. The number of likely N-dealkylation sites (N-methyl/N-ethyl adjacent to an activating group) is 1. The van der Waals surface area contributed by atoms with E-state index in [1.54, 1.807) is 6.07 Å². The fraction of sp³-hybridized carbons (Fsp3) is 0.118. The van der Waals surface area contributed by atoms with Gasteiger partial charge in [-0.2, -0.15) is 0 Å². The van der Waals surface area contributed by atoms with Gasteiger partial charge < -0.3 is 9.32 Å². The third-order valence-corrected chi connectivity index (χ3v) is 3.28. The van der Waals surface area contributed by atoms with E-state index in [1.807, 2.05) is 66.5 Å². The van der Waals surface area contributed by atoms with Crippen LogP contribution >= 0.6 is 0 Å². The zero-order chi connectivity index (χ0) is 13.9. The molecular weight excluding hydrogens is 250 g/mol. The average Bonchev–Trinajstić information content (AvgIpc) is 2.92. The SMILES string of the molecule is CN(CC(=O)c1cc2ccccc2o1)c1ccccc1. The van der Waals surface area contributed by atoms with Crippen molar-refractivity contribution in [1.82, 2.24) is 0 Å². The molecule has 3 nitrogen and oxygen atoms in total. The Hall–Kier alpha value is -2.55. The van der Waals surface area contributed by atoms with E-state index in [0.29, 0.717) is 12.3 Å². The lowest BCUT2D eigenvalue weighted by Crippen LogP contribution is -2.25. The molecule has 0 saturated carbocycles. The number of hydrogen-bond acceptors (Lipinski definition) is 3. The van der Waals surface area contributed by atoms with Gasteiger partial charge in [-0.1, -0.05) is 36.4 Å². The van der Waals surface area contributed by atoms with Crippen molar-refractivity contribution >= 4 is 22.4 Å². The summed E-state index contributed by atoms with van der Waals surface area (Å²) in [5, 5.41) is 0.957. The lowest BCUT2D eigenvalue weighted by Gasteiger charge is -2.17. The van der Waals surface area contributed by atoms with Crippen molar-refractivity contribution in [1.29, 1.82) is 0 Å². The van der Waals surface area contributed by atoms with Crippen molar-refractivity contribution < 1.29 is 9.21 Å². The Bertz CT molecular complexity index is 698. The maximum absolute atomic E-state index is 12.3. The minimum Gasteiger partial charge on any atom is -0.453 e. The molecule has 2 aromatic carbocycles. The van der Waals surface area contributed by atoms with Crippen LogP contribution in [0.1, 0.15) is 10.6 Å². The molecule has 0 aliphatic carbocycles. The zero-order valence-corrected chi connectivity index (χ0v) is 11.2. The van der Waals surface area contributed by atoms with Crippen LogP contribution in [0.5, 0.6) is 0 Å². The minimum atomic E-state index is -0.0208. The van der Waals surface area contributed by atoms with E-state index in [2.05, 4.69) is 0 Å². The number of para-hydroxylation sites is 2. The summed E-state index contributed by atoms with van der Waals surface area (Å²) in [6, 6.07) is 19.3. The molecule has 0 bridgehead atoms. The standard InChI is InChI=1S/C17H15NO2/c1-18(14-8-3-2-4-9-14)12-15(19)17-11-13-7-5-6-10-16(13)20-17/h2-11H,12H2,1H3. The maximum Gasteiger partial charge on any atom is 0.217 e. The molecule has 100 valence electrons. The quantitative estimate of drug-likeness (QED) is 0.674. The maximum atomic E-state index is 12.3. The molecule has 0 atom stereocenters. The number of nitrogens with zero attached hydrogens (tertiary/aromatic N) is 1. The summed E-state index contributed by atoms with van der Waals surface area (Å²) in [6.45, 7) is 0.295. The second-order valence-corrected chi connectivity index (χ2v) is 4.76. The average molecular weight is 265 g/mol. The molecule has 3 rings (SSSR count). The Balaban J connectivity index is 1.79. The first kappa shape index (κ1) is 12.5. The Kier molecular flexibility index (Phi) is 3.25. The number of fused-ring (bicyclic) bond motifs is 1. The van der Waals surface area contributed by atoms with Crippen molar-refractivity contribution in [2.24, 2.45) is 0 Å². The molecule has 0 fully saturated rings. The van der Waals surface area contributed by atoms with Gasteiger partial charge >= 0.3 is 0 Å². The first-order valence-electron chi connectivity index (χ1n) is 6.52. The van der Waals surface area contributed by atoms with Gasteiger partial charge in [0.25, 0.3) is 0 Å². The topological polar surface area (TPSA) is 33.5 Å². The predicted molar refractivity (Wildman–Crippen MR) is 80.3 cm³/mol. The predicted octanol–water partition coefficient (Wildman–Crippen LogP) is 3.75. The number of anilines is 1. The monoisotopic (exact) mass is 265 g/mol. The summed E-state index contributed by atoms with van der Waals surface area (Å²) < 4.78 is 5.59. The van der Waals surface area contributed by atoms with Crippen LogP contribution in [0.4, 0.5) is 5.69 Å². The molecule has 0 radical (unpaired) electrons. The van der Waals surface area contributed by atoms with E-state index in [4.69, 9.17) is 4.42 Å². The fourth-order valence-corrected chi connectivity index (χ4v) is 2.19. The van der Waals surface area contributed by atoms with Crippen LogP contribution in [0.25, 0.3) is 11.0 Å².